The number of anilines is 1. The Hall–Kier alpha value is -2.08. The van der Waals surface area contributed by atoms with Gasteiger partial charge in [0.05, 0.1) is 22.4 Å². The molecule has 2 N–H and O–H groups in total. The normalized spacial score (nSPS) is 22.9. The van der Waals surface area contributed by atoms with Crippen molar-refractivity contribution in [3.63, 3.8) is 0 Å². The molecule has 1 heterocycles. The number of hydrogen-bond donors (Lipinski definition) is 2. The third kappa shape index (κ3) is 4.61. The zero-order valence-electron chi connectivity index (χ0n) is 15.2. The molecule has 0 spiro atoms. The molecule has 146 valence electrons. The highest BCUT2D eigenvalue weighted by Crippen LogP contribution is 2.32. The molecule has 7 heteroatoms. The minimum Gasteiger partial charge on any atom is -0.481 e. The van der Waals surface area contributed by atoms with E-state index in [-0.39, 0.29) is 11.8 Å². The number of rotatable bonds is 4. The second-order valence-electron chi connectivity index (χ2n) is 7.37. The van der Waals surface area contributed by atoms with Crippen molar-refractivity contribution in [3.05, 3.63) is 28.8 Å². The van der Waals surface area contributed by atoms with Gasteiger partial charge < -0.3 is 15.3 Å². The van der Waals surface area contributed by atoms with E-state index in [1.54, 1.807) is 18.2 Å². The Bertz CT molecular complexity index is 731. The van der Waals surface area contributed by atoms with Crippen LogP contribution >= 0.6 is 11.6 Å². The average Bonchev–Trinajstić information content (AvgIpc) is 2.68. The first-order chi connectivity index (χ1) is 13.0. The van der Waals surface area contributed by atoms with E-state index in [1.807, 2.05) is 4.90 Å². The van der Waals surface area contributed by atoms with Gasteiger partial charge in [0.1, 0.15) is 0 Å². The number of aliphatic carboxylic acids is 1. The van der Waals surface area contributed by atoms with E-state index < -0.39 is 17.8 Å². The number of nitrogens with zero attached hydrogens (tertiary/aromatic N) is 1. The summed E-state index contributed by atoms with van der Waals surface area (Å²) in [7, 11) is 0. The van der Waals surface area contributed by atoms with E-state index in [4.69, 9.17) is 11.6 Å². The van der Waals surface area contributed by atoms with Crippen molar-refractivity contribution in [2.75, 3.05) is 18.4 Å². The summed E-state index contributed by atoms with van der Waals surface area (Å²) in [4.78, 5) is 38.4. The third-order valence-corrected chi connectivity index (χ3v) is 5.84. The number of carbonyl (C=O) groups excluding carboxylic acids is 2. The van der Waals surface area contributed by atoms with Crippen molar-refractivity contribution >= 4 is 35.1 Å². The van der Waals surface area contributed by atoms with Crippen LogP contribution in [0.2, 0.25) is 5.02 Å². The molecule has 1 saturated heterocycles. The number of benzene rings is 1. The fourth-order valence-corrected chi connectivity index (χ4v) is 4.27. The highest BCUT2D eigenvalue weighted by atomic mass is 35.5. The molecule has 3 rings (SSSR count). The molecule has 0 radical (unpaired) electrons. The summed E-state index contributed by atoms with van der Waals surface area (Å²) in [6, 6.07) is 4.85. The number of likely N-dealkylation sites (tertiary alicyclic amines) is 1. The fraction of sp³-hybridized carbons (Fsp3) is 0.550. The molecule has 6 nitrogen and oxygen atoms in total. The SMILES string of the molecule is O=C(O)[C@H]1CCCC[C@@H]1C(=O)Nc1ccc(C(=O)N2CCCCC2)c(Cl)c1. The lowest BCUT2D eigenvalue weighted by Crippen LogP contribution is -2.36. The molecular weight excluding hydrogens is 368 g/mol. The molecule has 27 heavy (non-hydrogen) atoms. The molecule has 2 fully saturated rings. The van der Waals surface area contributed by atoms with Gasteiger partial charge in [-0.1, -0.05) is 24.4 Å². The summed E-state index contributed by atoms with van der Waals surface area (Å²) < 4.78 is 0. The lowest BCUT2D eigenvalue weighted by Gasteiger charge is -2.28. The van der Waals surface area contributed by atoms with Crippen LogP contribution in [-0.2, 0) is 9.59 Å². The summed E-state index contributed by atoms with van der Waals surface area (Å²) in [6.07, 6.45) is 5.93. The van der Waals surface area contributed by atoms with Gasteiger partial charge in [0.2, 0.25) is 5.91 Å². The number of amides is 2. The molecule has 1 aromatic rings. The Labute approximate surface area is 163 Å². The van der Waals surface area contributed by atoms with Crippen molar-refractivity contribution in [3.8, 4) is 0 Å². The van der Waals surface area contributed by atoms with Gasteiger partial charge >= 0.3 is 5.97 Å². The number of carbonyl (C=O) groups is 3. The van der Waals surface area contributed by atoms with Crippen LogP contribution in [-0.4, -0.2) is 40.9 Å². The smallest absolute Gasteiger partial charge is 0.307 e. The molecule has 1 saturated carbocycles. The average molecular weight is 393 g/mol. The lowest BCUT2D eigenvalue weighted by atomic mass is 9.78. The number of carboxylic acids is 1. The van der Waals surface area contributed by atoms with Crippen LogP contribution in [0.1, 0.15) is 55.3 Å². The summed E-state index contributed by atoms with van der Waals surface area (Å²) in [5.74, 6) is -2.49. The standard InChI is InChI=1S/C20H25ClN2O4/c21-17-12-13(8-9-16(17)19(25)23-10-4-1-5-11-23)22-18(24)14-6-2-3-7-15(14)20(26)27/h8-9,12,14-15H,1-7,10-11H2,(H,22,24)(H,26,27)/t14-,15-/m0/s1. The Morgan fingerprint density at radius 3 is 2.30 bits per heavy atom. The molecule has 0 aromatic heterocycles. The van der Waals surface area contributed by atoms with Gasteiger partial charge in [-0.2, -0.15) is 0 Å². The Kier molecular flexibility index (Phi) is 6.37. The van der Waals surface area contributed by atoms with E-state index in [0.717, 1.165) is 45.2 Å². The van der Waals surface area contributed by atoms with Crippen LogP contribution in [0.3, 0.4) is 0 Å². The van der Waals surface area contributed by atoms with Crippen LogP contribution in [0.25, 0.3) is 0 Å². The van der Waals surface area contributed by atoms with Crippen molar-refractivity contribution in [1.29, 1.82) is 0 Å². The maximum absolute atomic E-state index is 12.6. The van der Waals surface area contributed by atoms with Crippen molar-refractivity contribution < 1.29 is 19.5 Å². The Morgan fingerprint density at radius 1 is 1.00 bits per heavy atom. The lowest BCUT2D eigenvalue weighted by molar-refractivity contribution is -0.147. The van der Waals surface area contributed by atoms with E-state index in [9.17, 15) is 19.5 Å². The van der Waals surface area contributed by atoms with E-state index >= 15 is 0 Å². The molecule has 2 aliphatic rings. The second-order valence-corrected chi connectivity index (χ2v) is 7.78. The van der Waals surface area contributed by atoms with Gasteiger partial charge in [-0.15, -0.1) is 0 Å². The van der Waals surface area contributed by atoms with E-state index in [1.165, 1.54) is 0 Å². The van der Waals surface area contributed by atoms with Crippen LogP contribution in [0.4, 0.5) is 5.69 Å². The molecule has 0 unspecified atom stereocenters. The molecule has 1 aliphatic heterocycles. The number of halogens is 1. The van der Waals surface area contributed by atoms with Crippen LogP contribution < -0.4 is 5.32 Å². The highest BCUT2D eigenvalue weighted by Gasteiger charge is 2.35. The summed E-state index contributed by atoms with van der Waals surface area (Å²) in [5, 5.41) is 12.4. The number of nitrogens with one attached hydrogen (secondary N) is 1. The quantitative estimate of drug-likeness (QED) is 0.815. The minimum atomic E-state index is -0.921. The summed E-state index contributed by atoms with van der Waals surface area (Å²) in [6.45, 7) is 1.48. The number of hydrogen-bond acceptors (Lipinski definition) is 3. The number of piperidine rings is 1. The predicted molar refractivity (Wildman–Crippen MR) is 103 cm³/mol. The summed E-state index contributed by atoms with van der Waals surface area (Å²) >= 11 is 6.30. The third-order valence-electron chi connectivity index (χ3n) is 5.53. The Morgan fingerprint density at radius 2 is 1.67 bits per heavy atom. The summed E-state index contributed by atoms with van der Waals surface area (Å²) in [5.41, 5.74) is 0.910. The van der Waals surface area contributed by atoms with Gasteiger partial charge in [-0.3, -0.25) is 14.4 Å². The van der Waals surface area contributed by atoms with E-state index in [0.29, 0.717) is 29.1 Å². The van der Waals surface area contributed by atoms with Gasteiger partial charge in [0, 0.05) is 18.8 Å². The zero-order valence-corrected chi connectivity index (χ0v) is 16.0. The molecule has 1 aliphatic carbocycles. The fourth-order valence-electron chi connectivity index (χ4n) is 4.01. The van der Waals surface area contributed by atoms with Crippen LogP contribution in [0, 0.1) is 11.8 Å². The maximum atomic E-state index is 12.6. The van der Waals surface area contributed by atoms with Gasteiger partial charge in [0.25, 0.3) is 5.91 Å². The second kappa shape index (κ2) is 8.74. The molecule has 2 amide bonds. The molecule has 2 atom stereocenters. The van der Waals surface area contributed by atoms with Crippen LogP contribution in [0.5, 0.6) is 0 Å². The van der Waals surface area contributed by atoms with Crippen molar-refractivity contribution in [2.45, 2.75) is 44.9 Å². The largest absolute Gasteiger partial charge is 0.481 e. The van der Waals surface area contributed by atoms with Gasteiger partial charge in [-0.25, -0.2) is 0 Å². The van der Waals surface area contributed by atoms with E-state index in [2.05, 4.69) is 5.32 Å². The molecule has 1 aromatic carbocycles. The van der Waals surface area contributed by atoms with Gasteiger partial charge in [0.15, 0.2) is 0 Å². The Balaban J connectivity index is 1.69. The number of carboxylic acid groups (broad SMARTS) is 1. The first-order valence-electron chi connectivity index (χ1n) is 9.60. The zero-order chi connectivity index (χ0) is 19.4. The first-order valence-corrected chi connectivity index (χ1v) is 9.97. The minimum absolute atomic E-state index is 0.0872. The predicted octanol–water partition coefficient (Wildman–Crippen LogP) is 3.80. The van der Waals surface area contributed by atoms with Crippen LogP contribution in [0.15, 0.2) is 18.2 Å². The highest BCUT2D eigenvalue weighted by molar-refractivity contribution is 6.34. The monoisotopic (exact) mass is 392 g/mol. The molecule has 0 bridgehead atoms. The topological polar surface area (TPSA) is 86.7 Å². The van der Waals surface area contributed by atoms with Crippen molar-refractivity contribution in [2.24, 2.45) is 11.8 Å². The first kappa shape index (κ1) is 19.7. The van der Waals surface area contributed by atoms with Gasteiger partial charge in [-0.05, 0) is 50.3 Å². The van der Waals surface area contributed by atoms with Crippen molar-refractivity contribution in [1.82, 2.24) is 4.90 Å². The maximum Gasteiger partial charge on any atom is 0.307 e. The molecular formula is C20H25ClN2O4.